The summed E-state index contributed by atoms with van der Waals surface area (Å²) in [6, 6.07) is 10.8. The highest BCUT2D eigenvalue weighted by molar-refractivity contribution is 7.91. The van der Waals surface area contributed by atoms with Crippen molar-refractivity contribution in [1.29, 1.82) is 0 Å². The van der Waals surface area contributed by atoms with E-state index in [-0.39, 0.29) is 29.0 Å². The highest BCUT2D eigenvalue weighted by Gasteiger charge is 2.19. The molecule has 3 aromatic rings. The van der Waals surface area contributed by atoms with E-state index in [4.69, 9.17) is 18.6 Å². The molecule has 1 amide bonds. The smallest absolute Gasteiger partial charge is 0.322 e. The van der Waals surface area contributed by atoms with Crippen LogP contribution in [0.2, 0.25) is 0 Å². The Morgan fingerprint density at radius 3 is 2.29 bits per heavy atom. The number of hydrogen-bond donors (Lipinski definition) is 1. The van der Waals surface area contributed by atoms with E-state index in [1.165, 1.54) is 33.5 Å². The van der Waals surface area contributed by atoms with Crippen molar-refractivity contribution in [3.63, 3.8) is 0 Å². The van der Waals surface area contributed by atoms with Crippen LogP contribution >= 0.6 is 0 Å². The van der Waals surface area contributed by atoms with Crippen LogP contribution in [0, 0.1) is 0 Å². The molecule has 11 heteroatoms. The molecule has 164 valence electrons. The van der Waals surface area contributed by atoms with E-state index in [9.17, 15) is 13.2 Å². The largest absolute Gasteiger partial charge is 0.497 e. The van der Waals surface area contributed by atoms with E-state index >= 15 is 0 Å². The summed E-state index contributed by atoms with van der Waals surface area (Å²) in [5.74, 6) is 0.727. The standard InChI is InChI=1S/C20H21N3O7S/c1-27-13-4-7-15(8-5-13)31(25,26)11-10-18(24)21-20-23-22-19(30-20)16-12-14(28-2)6-9-17(16)29-3/h4-9,12H,10-11H2,1-3H3,(H,21,23,24). The van der Waals surface area contributed by atoms with Crippen LogP contribution in [0.25, 0.3) is 11.5 Å². The van der Waals surface area contributed by atoms with Crippen molar-refractivity contribution in [2.24, 2.45) is 0 Å². The molecule has 3 rings (SSSR count). The van der Waals surface area contributed by atoms with Gasteiger partial charge in [0.1, 0.15) is 17.2 Å². The molecule has 1 N–H and O–H groups in total. The molecule has 0 aliphatic heterocycles. The molecule has 0 bridgehead atoms. The van der Waals surface area contributed by atoms with Gasteiger partial charge < -0.3 is 18.6 Å². The molecule has 0 aliphatic carbocycles. The number of nitrogens with zero attached hydrogens (tertiary/aromatic N) is 2. The van der Waals surface area contributed by atoms with Crippen molar-refractivity contribution in [2.75, 3.05) is 32.4 Å². The minimum atomic E-state index is -3.64. The average Bonchev–Trinajstić information content (AvgIpc) is 3.25. The maximum atomic E-state index is 12.4. The van der Waals surface area contributed by atoms with Crippen molar-refractivity contribution < 1.29 is 31.8 Å². The predicted molar refractivity (Wildman–Crippen MR) is 111 cm³/mol. The number of nitrogens with one attached hydrogen (secondary N) is 1. The Kier molecular flexibility index (Phi) is 6.75. The number of benzene rings is 2. The Hall–Kier alpha value is -3.60. The van der Waals surface area contributed by atoms with E-state index < -0.39 is 15.7 Å². The minimum absolute atomic E-state index is 0.103. The van der Waals surface area contributed by atoms with Crippen LogP contribution < -0.4 is 19.5 Å². The molecule has 0 saturated heterocycles. The number of methoxy groups -OCH3 is 3. The van der Waals surface area contributed by atoms with Crippen molar-refractivity contribution in [3.8, 4) is 28.7 Å². The van der Waals surface area contributed by atoms with Gasteiger partial charge in [-0.15, -0.1) is 5.10 Å². The van der Waals surface area contributed by atoms with Crippen molar-refractivity contribution in [2.45, 2.75) is 11.3 Å². The van der Waals surface area contributed by atoms with E-state index in [2.05, 4.69) is 15.5 Å². The minimum Gasteiger partial charge on any atom is -0.497 e. The fraction of sp³-hybridized carbons (Fsp3) is 0.250. The van der Waals surface area contributed by atoms with E-state index in [0.717, 1.165) is 0 Å². The van der Waals surface area contributed by atoms with Crippen LogP contribution in [0.4, 0.5) is 6.01 Å². The molecule has 2 aromatic carbocycles. The molecular weight excluding hydrogens is 426 g/mol. The van der Waals surface area contributed by atoms with Crippen LogP contribution in [0.15, 0.2) is 51.8 Å². The first-order valence-corrected chi connectivity index (χ1v) is 10.7. The van der Waals surface area contributed by atoms with Crippen molar-refractivity contribution in [1.82, 2.24) is 10.2 Å². The molecule has 31 heavy (non-hydrogen) atoms. The fourth-order valence-corrected chi connectivity index (χ4v) is 3.91. The van der Waals surface area contributed by atoms with Gasteiger partial charge in [0.05, 0.1) is 37.5 Å². The quantitative estimate of drug-likeness (QED) is 0.526. The number of sulfone groups is 1. The zero-order chi connectivity index (χ0) is 22.4. The molecule has 0 aliphatic rings. The van der Waals surface area contributed by atoms with Gasteiger partial charge >= 0.3 is 6.01 Å². The average molecular weight is 447 g/mol. The highest BCUT2D eigenvalue weighted by Crippen LogP contribution is 2.33. The summed E-state index contributed by atoms with van der Waals surface area (Å²) in [4.78, 5) is 12.3. The normalized spacial score (nSPS) is 11.1. The fourth-order valence-electron chi connectivity index (χ4n) is 2.67. The third kappa shape index (κ3) is 5.31. The second-order valence-corrected chi connectivity index (χ2v) is 8.38. The van der Waals surface area contributed by atoms with E-state index in [1.54, 1.807) is 30.3 Å². The number of carbonyl (C=O) groups is 1. The second kappa shape index (κ2) is 9.47. The molecule has 1 aromatic heterocycles. The third-order valence-corrected chi connectivity index (χ3v) is 6.06. The van der Waals surface area contributed by atoms with Gasteiger partial charge in [0.25, 0.3) is 5.89 Å². The summed E-state index contributed by atoms with van der Waals surface area (Å²) in [6.07, 6.45) is -0.283. The molecule has 10 nitrogen and oxygen atoms in total. The lowest BCUT2D eigenvalue weighted by Crippen LogP contribution is -2.17. The van der Waals surface area contributed by atoms with Crippen LogP contribution in [0.1, 0.15) is 6.42 Å². The van der Waals surface area contributed by atoms with Gasteiger partial charge in [0.15, 0.2) is 9.84 Å². The lowest BCUT2D eigenvalue weighted by Gasteiger charge is -2.07. The van der Waals surface area contributed by atoms with E-state index in [1.807, 2.05) is 0 Å². The number of hydrogen-bond acceptors (Lipinski definition) is 9. The molecule has 0 unspecified atom stereocenters. The second-order valence-electron chi connectivity index (χ2n) is 6.27. The van der Waals surface area contributed by atoms with Crippen LogP contribution in [-0.4, -0.2) is 51.6 Å². The summed E-state index contributed by atoms with van der Waals surface area (Å²) in [6.45, 7) is 0. The lowest BCUT2D eigenvalue weighted by molar-refractivity contribution is -0.115. The van der Waals surface area contributed by atoms with Crippen LogP contribution in [-0.2, 0) is 14.6 Å². The summed E-state index contributed by atoms with van der Waals surface area (Å²) < 4.78 is 45.8. The maximum Gasteiger partial charge on any atom is 0.322 e. The summed E-state index contributed by atoms with van der Waals surface area (Å²) in [7, 11) is 0.859. The first-order chi connectivity index (χ1) is 14.9. The Morgan fingerprint density at radius 2 is 1.65 bits per heavy atom. The molecule has 0 saturated carbocycles. The van der Waals surface area contributed by atoms with Crippen LogP contribution in [0.5, 0.6) is 17.2 Å². The van der Waals surface area contributed by atoms with Gasteiger partial charge in [0, 0.05) is 6.42 Å². The molecule has 0 atom stereocenters. The summed E-state index contributed by atoms with van der Waals surface area (Å²) in [5, 5.41) is 10.1. The maximum absolute atomic E-state index is 12.4. The first-order valence-electron chi connectivity index (χ1n) is 9.09. The number of rotatable bonds is 9. The zero-order valence-electron chi connectivity index (χ0n) is 17.1. The van der Waals surface area contributed by atoms with Gasteiger partial charge in [-0.25, -0.2) is 8.42 Å². The molecule has 0 spiro atoms. The van der Waals surface area contributed by atoms with Crippen molar-refractivity contribution in [3.05, 3.63) is 42.5 Å². The number of ether oxygens (including phenoxy) is 3. The predicted octanol–water partition coefficient (Wildman–Crippen LogP) is 2.56. The van der Waals surface area contributed by atoms with E-state index in [0.29, 0.717) is 22.8 Å². The highest BCUT2D eigenvalue weighted by atomic mass is 32.2. The van der Waals surface area contributed by atoms with Gasteiger partial charge in [-0.05, 0) is 42.5 Å². The Morgan fingerprint density at radius 1 is 0.968 bits per heavy atom. The number of aromatic nitrogens is 2. The van der Waals surface area contributed by atoms with Gasteiger partial charge in [-0.3, -0.25) is 10.1 Å². The Balaban J connectivity index is 1.65. The summed E-state index contributed by atoms with van der Waals surface area (Å²) in [5.41, 5.74) is 0.483. The van der Waals surface area contributed by atoms with Crippen LogP contribution in [0.3, 0.4) is 0 Å². The van der Waals surface area contributed by atoms with Gasteiger partial charge in [-0.1, -0.05) is 5.10 Å². The Labute approximate surface area is 179 Å². The third-order valence-electron chi connectivity index (χ3n) is 4.32. The monoisotopic (exact) mass is 447 g/mol. The molecule has 0 radical (unpaired) electrons. The number of carbonyl (C=O) groups excluding carboxylic acids is 1. The van der Waals surface area contributed by atoms with Crippen molar-refractivity contribution >= 4 is 21.8 Å². The lowest BCUT2D eigenvalue weighted by atomic mass is 10.2. The SMILES string of the molecule is COc1ccc(S(=O)(=O)CCC(=O)Nc2nnc(-c3cc(OC)ccc3OC)o2)cc1. The first kappa shape index (κ1) is 22.1. The zero-order valence-corrected chi connectivity index (χ0v) is 17.9. The topological polar surface area (TPSA) is 130 Å². The molecule has 0 fully saturated rings. The van der Waals surface area contributed by atoms with Gasteiger partial charge in [0.2, 0.25) is 5.91 Å². The molecular formula is C20H21N3O7S. The summed E-state index contributed by atoms with van der Waals surface area (Å²) >= 11 is 0. The molecule has 1 heterocycles. The number of amides is 1. The Bertz CT molecular complexity index is 1160. The van der Waals surface area contributed by atoms with Gasteiger partial charge in [-0.2, -0.15) is 0 Å². The number of anilines is 1.